The van der Waals surface area contributed by atoms with Crippen LogP contribution in [-0.4, -0.2) is 10.5 Å². The Bertz CT molecular complexity index is 355. The second-order valence-electron chi connectivity index (χ2n) is 4.77. The van der Waals surface area contributed by atoms with Crippen LogP contribution in [0.4, 0.5) is 0 Å². The molecule has 0 bridgehead atoms. The normalized spacial score (nSPS) is 20.2. The minimum Gasteiger partial charge on any atom is -0.305 e. The topological polar surface area (TPSA) is 24.9 Å². The van der Waals surface area contributed by atoms with Gasteiger partial charge in [0, 0.05) is 17.8 Å². The summed E-state index contributed by atoms with van der Waals surface area (Å²) in [5.41, 5.74) is 1.59. The van der Waals surface area contributed by atoms with E-state index in [0.29, 0.717) is 16.7 Å². The van der Waals surface area contributed by atoms with Gasteiger partial charge in [-0.15, -0.1) is 0 Å². The van der Waals surface area contributed by atoms with Crippen molar-refractivity contribution >= 4 is 11.6 Å². The maximum atomic E-state index is 5.90. The first-order valence-corrected chi connectivity index (χ1v) is 6.42. The summed E-state index contributed by atoms with van der Waals surface area (Å²) in [7, 11) is 0. The maximum Gasteiger partial charge on any atom is 0.129 e. The summed E-state index contributed by atoms with van der Waals surface area (Å²) in [4.78, 5) is 4.01. The van der Waals surface area contributed by atoms with Crippen LogP contribution in [0, 0.1) is 0 Å². The smallest absolute Gasteiger partial charge is 0.129 e. The van der Waals surface area contributed by atoms with E-state index in [-0.39, 0.29) is 0 Å². The van der Waals surface area contributed by atoms with Gasteiger partial charge in [-0.05, 0) is 50.3 Å². The van der Waals surface area contributed by atoms with Crippen molar-refractivity contribution in [3.05, 3.63) is 29.0 Å². The molecular formula is C13H19ClN2. The van der Waals surface area contributed by atoms with Crippen LogP contribution in [0.2, 0.25) is 5.15 Å². The number of halogens is 1. The lowest BCUT2D eigenvalue weighted by Crippen LogP contribution is -2.51. The number of hydrogen-bond acceptors (Lipinski definition) is 2. The molecule has 0 saturated heterocycles. The average molecular weight is 239 g/mol. The molecule has 1 fully saturated rings. The number of pyridine rings is 1. The van der Waals surface area contributed by atoms with Crippen molar-refractivity contribution in [2.45, 2.75) is 51.1 Å². The number of rotatable bonds is 4. The van der Waals surface area contributed by atoms with Gasteiger partial charge in [0.2, 0.25) is 0 Å². The summed E-state index contributed by atoms with van der Waals surface area (Å²) < 4.78 is 0. The van der Waals surface area contributed by atoms with Crippen molar-refractivity contribution in [2.75, 3.05) is 0 Å². The highest BCUT2D eigenvalue weighted by Gasteiger charge is 2.35. The van der Waals surface area contributed by atoms with Crippen LogP contribution in [-0.2, 0) is 0 Å². The molecule has 2 nitrogen and oxygen atoms in total. The third kappa shape index (κ3) is 2.38. The van der Waals surface area contributed by atoms with E-state index in [1.54, 1.807) is 6.20 Å². The fourth-order valence-corrected chi connectivity index (χ4v) is 2.62. The molecule has 0 radical (unpaired) electrons. The molecule has 1 heterocycles. The molecule has 1 aliphatic rings. The first kappa shape index (κ1) is 11.9. The molecule has 0 spiro atoms. The first-order chi connectivity index (χ1) is 7.65. The summed E-state index contributed by atoms with van der Waals surface area (Å²) in [5, 5.41) is 4.31. The Labute approximate surface area is 102 Å². The Kier molecular flexibility index (Phi) is 3.50. The Morgan fingerprint density at radius 1 is 1.56 bits per heavy atom. The molecule has 0 amide bonds. The Balaban J connectivity index is 2.05. The van der Waals surface area contributed by atoms with E-state index in [0.717, 1.165) is 0 Å². The van der Waals surface area contributed by atoms with Crippen LogP contribution < -0.4 is 5.32 Å². The second-order valence-corrected chi connectivity index (χ2v) is 5.15. The monoisotopic (exact) mass is 238 g/mol. The quantitative estimate of drug-likeness (QED) is 0.809. The van der Waals surface area contributed by atoms with E-state index in [9.17, 15) is 0 Å². The molecule has 1 unspecified atom stereocenters. The summed E-state index contributed by atoms with van der Waals surface area (Å²) in [6, 6.07) is 4.33. The fraction of sp³-hybridized carbons (Fsp3) is 0.615. The van der Waals surface area contributed by atoms with Gasteiger partial charge in [-0.2, -0.15) is 0 Å². The third-order valence-corrected chi connectivity index (χ3v) is 3.97. The van der Waals surface area contributed by atoms with Gasteiger partial charge >= 0.3 is 0 Å². The summed E-state index contributed by atoms with van der Waals surface area (Å²) in [5.74, 6) is 0. The van der Waals surface area contributed by atoms with Crippen molar-refractivity contribution < 1.29 is 0 Å². The second kappa shape index (κ2) is 4.72. The van der Waals surface area contributed by atoms with Crippen LogP contribution in [0.5, 0.6) is 0 Å². The Hall–Kier alpha value is -0.600. The standard InChI is InChI=1S/C13H19ClN2/c1-3-13(6-4-7-13)16-10(2)11-5-8-15-12(14)9-11/h5,8-10,16H,3-4,6-7H2,1-2H3. The molecule has 1 aromatic heterocycles. The number of aromatic nitrogens is 1. The van der Waals surface area contributed by atoms with Crippen molar-refractivity contribution in [1.29, 1.82) is 0 Å². The van der Waals surface area contributed by atoms with Crippen LogP contribution in [0.1, 0.15) is 51.1 Å². The molecule has 1 N–H and O–H groups in total. The van der Waals surface area contributed by atoms with Crippen molar-refractivity contribution in [3.63, 3.8) is 0 Å². The largest absolute Gasteiger partial charge is 0.305 e. The number of nitrogens with zero attached hydrogens (tertiary/aromatic N) is 1. The maximum absolute atomic E-state index is 5.90. The molecule has 1 aromatic rings. The fourth-order valence-electron chi connectivity index (χ4n) is 2.43. The predicted octanol–water partition coefficient (Wildman–Crippen LogP) is 3.72. The number of nitrogens with one attached hydrogen (secondary N) is 1. The zero-order valence-corrected chi connectivity index (χ0v) is 10.7. The summed E-state index contributed by atoms with van der Waals surface area (Å²) in [6.45, 7) is 4.46. The van der Waals surface area contributed by atoms with Crippen molar-refractivity contribution in [2.24, 2.45) is 0 Å². The van der Waals surface area contributed by atoms with Gasteiger partial charge in [-0.1, -0.05) is 18.5 Å². The van der Waals surface area contributed by atoms with Crippen LogP contribution in [0.25, 0.3) is 0 Å². The zero-order valence-electron chi connectivity index (χ0n) is 9.96. The van der Waals surface area contributed by atoms with Crippen LogP contribution in [0.3, 0.4) is 0 Å². The molecule has 3 heteroatoms. The first-order valence-electron chi connectivity index (χ1n) is 6.04. The number of hydrogen-bond donors (Lipinski definition) is 1. The molecule has 1 aliphatic carbocycles. The summed E-state index contributed by atoms with van der Waals surface area (Å²) >= 11 is 5.90. The highest BCUT2D eigenvalue weighted by atomic mass is 35.5. The highest BCUT2D eigenvalue weighted by Crippen LogP contribution is 2.36. The Morgan fingerprint density at radius 2 is 2.31 bits per heavy atom. The molecule has 1 atom stereocenters. The van der Waals surface area contributed by atoms with E-state index in [4.69, 9.17) is 11.6 Å². The molecule has 2 rings (SSSR count). The third-order valence-electron chi connectivity index (χ3n) is 3.76. The summed E-state index contributed by atoms with van der Waals surface area (Å²) in [6.07, 6.45) is 6.93. The van der Waals surface area contributed by atoms with Gasteiger partial charge in [-0.25, -0.2) is 4.98 Å². The van der Waals surface area contributed by atoms with E-state index in [1.807, 2.05) is 12.1 Å². The van der Waals surface area contributed by atoms with E-state index < -0.39 is 0 Å². The van der Waals surface area contributed by atoms with Crippen molar-refractivity contribution in [3.8, 4) is 0 Å². The molecule has 1 saturated carbocycles. The van der Waals surface area contributed by atoms with Gasteiger partial charge in [0.1, 0.15) is 5.15 Å². The predicted molar refractivity (Wildman–Crippen MR) is 67.7 cm³/mol. The van der Waals surface area contributed by atoms with Gasteiger partial charge in [-0.3, -0.25) is 0 Å². The SMILES string of the molecule is CCC1(NC(C)c2ccnc(Cl)c2)CCC1. The zero-order chi connectivity index (χ0) is 11.6. The van der Waals surface area contributed by atoms with Crippen LogP contribution in [0.15, 0.2) is 18.3 Å². The minimum absolute atomic E-state index is 0.348. The molecule has 16 heavy (non-hydrogen) atoms. The molecule has 0 aliphatic heterocycles. The molecular weight excluding hydrogens is 220 g/mol. The van der Waals surface area contributed by atoms with Gasteiger partial charge < -0.3 is 5.32 Å². The van der Waals surface area contributed by atoms with Gasteiger partial charge in [0.15, 0.2) is 0 Å². The lowest BCUT2D eigenvalue weighted by atomic mass is 9.74. The lowest BCUT2D eigenvalue weighted by molar-refractivity contribution is 0.160. The van der Waals surface area contributed by atoms with Crippen LogP contribution >= 0.6 is 11.6 Å². The van der Waals surface area contributed by atoms with Gasteiger partial charge in [0.25, 0.3) is 0 Å². The minimum atomic E-state index is 0.348. The highest BCUT2D eigenvalue weighted by molar-refractivity contribution is 6.29. The molecule has 88 valence electrons. The van der Waals surface area contributed by atoms with E-state index in [2.05, 4.69) is 24.1 Å². The average Bonchev–Trinajstić information content (AvgIpc) is 2.23. The van der Waals surface area contributed by atoms with Crippen molar-refractivity contribution in [1.82, 2.24) is 10.3 Å². The Morgan fingerprint density at radius 3 is 2.81 bits per heavy atom. The van der Waals surface area contributed by atoms with Gasteiger partial charge in [0.05, 0.1) is 0 Å². The lowest BCUT2D eigenvalue weighted by Gasteiger charge is -2.44. The molecule has 0 aromatic carbocycles. The van der Waals surface area contributed by atoms with E-state index in [1.165, 1.54) is 31.2 Å². The van der Waals surface area contributed by atoms with E-state index >= 15 is 0 Å².